The minimum absolute atomic E-state index is 0.00299. The lowest BCUT2D eigenvalue weighted by Gasteiger charge is -2.09. The van der Waals surface area contributed by atoms with Crippen LogP contribution in [0.5, 0.6) is 0 Å². The zero-order valence-electron chi connectivity index (χ0n) is 17.0. The molecule has 0 bridgehead atoms. The molecule has 0 aliphatic carbocycles. The number of para-hydroxylation sites is 1. The minimum atomic E-state index is 0.00299. The molecule has 3 nitrogen and oxygen atoms in total. The van der Waals surface area contributed by atoms with E-state index < -0.39 is 0 Å². The summed E-state index contributed by atoms with van der Waals surface area (Å²) < 4.78 is 2.23. The summed E-state index contributed by atoms with van der Waals surface area (Å²) in [6, 6.07) is 22.3. The van der Waals surface area contributed by atoms with Crippen LogP contribution >= 0.6 is 23.4 Å². The second kappa shape index (κ2) is 8.99. The maximum absolute atomic E-state index is 12.6. The van der Waals surface area contributed by atoms with E-state index in [2.05, 4.69) is 34.3 Å². The molecule has 0 spiro atoms. The zero-order valence-corrected chi connectivity index (χ0v) is 18.6. The molecule has 0 saturated carbocycles. The van der Waals surface area contributed by atoms with E-state index in [1.165, 1.54) is 5.56 Å². The van der Waals surface area contributed by atoms with Crippen molar-refractivity contribution in [2.24, 2.45) is 0 Å². The number of halogens is 1. The highest BCUT2D eigenvalue weighted by Crippen LogP contribution is 2.31. The molecule has 1 N–H and O–H groups in total. The fraction of sp³-hybridized carbons (Fsp3) is 0.160. The van der Waals surface area contributed by atoms with Gasteiger partial charge in [-0.3, -0.25) is 4.79 Å². The fourth-order valence-electron chi connectivity index (χ4n) is 3.45. The summed E-state index contributed by atoms with van der Waals surface area (Å²) in [5.41, 5.74) is 5.42. The summed E-state index contributed by atoms with van der Waals surface area (Å²) in [4.78, 5) is 13.7. The number of hydrogen-bond acceptors (Lipinski definition) is 2. The standard InChI is InChI=1S/C25H23ClN2OS/c1-17-7-8-18(2)22(13-17)27-25(29)16-30-24-15-28(23-6-4-3-5-21(23)24)14-19-9-11-20(26)12-10-19/h3-13,15H,14,16H2,1-2H3,(H,27,29). The number of anilines is 1. The number of aryl methyl sites for hydroxylation is 2. The van der Waals surface area contributed by atoms with Crippen molar-refractivity contribution in [3.8, 4) is 0 Å². The zero-order chi connectivity index (χ0) is 21.1. The quantitative estimate of drug-likeness (QED) is 0.343. The number of aromatic nitrogens is 1. The van der Waals surface area contributed by atoms with E-state index in [4.69, 9.17) is 11.6 Å². The van der Waals surface area contributed by atoms with Gasteiger partial charge in [-0.15, -0.1) is 11.8 Å². The molecule has 152 valence electrons. The van der Waals surface area contributed by atoms with Crippen molar-refractivity contribution in [1.29, 1.82) is 0 Å². The normalized spacial score (nSPS) is 11.0. The first-order chi connectivity index (χ1) is 14.5. The van der Waals surface area contributed by atoms with Crippen LogP contribution in [0.25, 0.3) is 10.9 Å². The van der Waals surface area contributed by atoms with Crippen LogP contribution in [0.4, 0.5) is 5.69 Å². The number of carbonyl (C=O) groups excluding carboxylic acids is 1. The van der Waals surface area contributed by atoms with Crippen molar-refractivity contribution in [3.05, 3.63) is 94.6 Å². The molecule has 4 rings (SSSR count). The topological polar surface area (TPSA) is 34.0 Å². The average molecular weight is 435 g/mol. The average Bonchev–Trinajstić information content (AvgIpc) is 3.08. The third-order valence-corrected chi connectivity index (χ3v) is 6.34. The number of thioether (sulfide) groups is 1. The van der Waals surface area contributed by atoms with Gasteiger partial charge in [-0.25, -0.2) is 0 Å². The first kappa shape index (κ1) is 20.6. The third kappa shape index (κ3) is 4.72. The number of nitrogens with zero attached hydrogens (tertiary/aromatic N) is 1. The molecule has 0 saturated heterocycles. The van der Waals surface area contributed by atoms with Gasteiger partial charge in [0.25, 0.3) is 0 Å². The number of benzene rings is 3. The van der Waals surface area contributed by atoms with Crippen LogP contribution in [0.1, 0.15) is 16.7 Å². The van der Waals surface area contributed by atoms with Crippen LogP contribution in [0.15, 0.2) is 77.8 Å². The van der Waals surface area contributed by atoms with Gasteiger partial charge in [-0.1, -0.05) is 54.1 Å². The smallest absolute Gasteiger partial charge is 0.234 e. The molecular weight excluding hydrogens is 412 g/mol. The predicted molar refractivity (Wildman–Crippen MR) is 128 cm³/mol. The van der Waals surface area contributed by atoms with E-state index in [1.807, 2.05) is 62.4 Å². The molecule has 0 atom stereocenters. The molecule has 0 fully saturated rings. The Hall–Kier alpha value is -2.69. The van der Waals surface area contributed by atoms with E-state index in [0.29, 0.717) is 5.75 Å². The number of hydrogen-bond donors (Lipinski definition) is 1. The Kier molecular flexibility index (Phi) is 6.16. The Morgan fingerprint density at radius 2 is 1.80 bits per heavy atom. The predicted octanol–water partition coefficient (Wildman–Crippen LogP) is 6.69. The van der Waals surface area contributed by atoms with Crippen LogP contribution < -0.4 is 5.32 Å². The van der Waals surface area contributed by atoms with Gasteiger partial charge in [0.05, 0.1) is 5.75 Å². The second-order valence-electron chi connectivity index (χ2n) is 7.42. The van der Waals surface area contributed by atoms with Gasteiger partial charge in [0.2, 0.25) is 5.91 Å². The van der Waals surface area contributed by atoms with Crippen molar-refractivity contribution in [3.63, 3.8) is 0 Å². The van der Waals surface area contributed by atoms with Gasteiger partial charge < -0.3 is 9.88 Å². The molecule has 3 aromatic carbocycles. The van der Waals surface area contributed by atoms with E-state index in [1.54, 1.807) is 11.8 Å². The largest absolute Gasteiger partial charge is 0.342 e. The number of amides is 1. The van der Waals surface area contributed by atoms with Gasteiger partial charge in [-0.2, -0.15) is 0 Å². The van der Waals surface area contributed by atoms with Crippen LogP contribution in [0, 0.1) is 13.8 Å². The number of nitrogens with one attached hydrogen (secondary N) is 1. The Morgan fingerprint density at radius 1 is 1.03 bits per heavy atom. The lowest BCUT2D eigenvalue weighted by molar-refractivity contribution is -0.113. The lowest BCUT2D eigenvalue weighted by atomic mass is 10.1. The van der Waals surface area contributed by atoms with Crippen LogP contribution in [0.2, 0.25) is 5.02 Å². The van der Waals surface area contributed by atoms with Crippen molar-refractivity contribution in [1.82, 2.24) is 4.57 Å². The van der Waals surface area contributed by atoms with Crippen molar-refractivity contribution >= 4 is 45.9 Å². The van der Waals surface area contributed by atoms with E-state index in [0.717, 1.165) is 44.2 Å². The first-order valence-corrected chi connectivity index (χ1v) is 11.2. The molecule has 1 heterocycles. The summed E-state index contributed by atoms with van der Waals surface area (Å²) in [7, 11) is 0. The second-order valence-corrected chi connectivity index (χ2v) is 8.87. The van der Waals surface area contributed by atoms with Gasteiger partial charge in [0.15, 0.2) is 0 Å². The molecular formula is C25H23ClN2OS. The highest BCUT2D eigenvalue weighted by Gasteiger charge is 2.12. The molecule has 30 heavy (non-hydrogen) atoms. The van der Waals surface area contributed by atoms with Gasteiger partial charge in [-0.05, 0) is 54.8 Å². The van der Waals surface area contributed by atoms with E-state index in [-0.39, 0.29) is 5.91 Å². The van der Waals surface area contributed by atoms with Crippen molar-refractivity contribution in [2.75, 3.05) is 11.1 Å². The molecule has 5 heteroatoms. The summed E-state index contributed by atoms with van der Waals surface area (Å²) in [5, 5.41) is 4.94. The molecule has 0 aliphatic rings. The Balaban J connectivity index is 1.50. The van der Waals surface area contributed by atoms with Gasteiger partial charge in [0, 0.05) is 39.3 Å². The van der Waals surface area contributed by atoms with E-state index in [9.17, 15) is 4.79 Å². The number of rotatable bonds is 6. The van der Waals surface area contributed by atoms with Crippen LogP contribution in [-0.4, -0.2) is 16.2 Å². The monoisotopic (exact) mass is 434 g/mol. The van der Waals surface area contributed by atoms with Gasteiger partial charge >= 0.3 is 0 Å². The Morgan fingerprint density at radius 3 is 2.60 bits per heavy atom. The molecule has 0 radical (unpaired) electrons. The van der Waals surface area contributed by atoms with Crippen LogP contribution in [-0.2, 0) is 11.3 Å². The van der Waals surface area contributed by atoms with Crippen molar-refractivity contribution in [2.45, 2.75) is 25.3 Å². The lowest BCUT2D eigenvalue weighted by Crippen LogP contribution is -2.14. The fourth-order valence-corrected chi connectivity index (χ4v) is 4.46. The Labute approximate surface area is 186 Å². The summed E-state index contributed by atoms with van der Waals surface area (Å²) in [6.45, 7) is 4.79. The summed E-state index contributed by atoms with van der Waals surface area (Å²) in [5.74, 6) is 0.366. The SMILES string of the molecule is Cc1ccc(C)c(NC(=O)CSc2cn(Cc3ccc(Cl)cc3)c3ccccc23)c1. The minimum Gasteiger partial charge on any atom is -0.342 e. The highest BCUT2D eigenvalue weighted by atomic mass is 35.5. The van der Waals surface area contributed by atoms with E-state index >= 15 is 0 Å². The maximum Gasteiger partial charge on any atom is 0.234 e. The third-order valence-electron chi connectivity index (χ3n) is 5.04. The molecule has 4 aromatic rings. The molecule has 0 aliphatic heterocycles. The van der Waals surface area contributed by atoms with Gasteiger partial charge in [0.1, 0.15) is 0 Å². The van der Waals surface area contributed by atoms with Crippen molar-refractivity contribution < 1.29 is 4.79 Å². The van der Waals surface area contributed by atoms with Crippen LogP contribution in [0.3, 0.4) is 0 Å². The molecule has 0 unspecified atom stereocenters. The number of fused-ring (bicyclic) bond motifs is 1. The highest BCUT2D eigenvalue weighted by molar-refractivity contribution is 8.00. The molecule has 1 amide bonds. The molecule has 1 aromatic heterocycles. The maximum atomic E-state index is 12.6. The number of carbonyl (C=O) groups is 1. The first-order valence-electron chi connectivity index (χ1n) is 9.82. The summed E-state index contributed by atoms with van der Waals surface area (Å²) in [6.07, 6.45) is 2.13. The Bertz CT molecular complexity index is 1200. The summed E-state index contributed by atoms with van der Waals surface area (Å²) >= 11 is 7.58.